The Bertz CT molecular complexity index is 641. The summed E-state index contributed by atoms with van der Waals surface area (Å²) in [6.45, 7) is 2.01. The molecule has 0 heterocycles. The molecule has 0 aromatic heterocycles. The third kappa shape index (κ3) is 3.75. The molecule has 0 radical (unpaired) electrons. The molecule has 0 spiro atoms. The number of esters is 1. The molecule has 0 fully saturated rings. The van der Waals surface area contributed by atoms with Gasteiger partial charge in [-0.05, 0) is 31.2 Å². The Kier molecular flexibility index (Phi) is 5.36. The Morgan fingerprint density at radius 2 is 1.91 bits per heavy atom. The van der Waals surface area contributed by atoms with Crippen LogP contribution in [0.2, 0.25) is 0 Å². The summed E-state index contributed by atoms with van der Waals surface area (Å²) in [7, 11) is 1.37. The van der Waals surface area contributed by atoms with Gasteiger partial charge in [-0.15, -0.1) is 0 Å². The molecule has 116 valence electrons. The number of ether oxygens (including phenoxy) is 3. The van der Waals surface area contributed by atoms with Gasteiger partial charge in [-0.25, -0.2) is 9.18 Å². The highest BCUT2D eigenvalue weighted by molar-refractivity contribution is 5.91. The topological polar surface area (TPSA) is 44.8 Å². The number of hydrogen-bond acceptors (Lipinski definition) is 4. The molecule has 0 saturated carbocycles. The predicted molar refractivity (Wildman–Crippen MR) is 79.7 cm³/mol. The van der Waals surface area contributed by atoms with Crippen molar-refractivity contribution in [3.63, 3.8) is 0 Å². The molecular weight excluding hydrogens is 287 g/mol. The fraction of sp³-hybridized carbons (Fsp3) is 0.235. The third-order valence-corrected chi connectivity index (χ3v) is 3.01. The zero-order valence-electron chi connectivity index (χ0n) is 12.5. The predicted octanol–water partition coefficient (Wildman–Crippen LogP) is 3.59. The summed E-state index contributed by atoms with van der Waals surface area (Å²) >= 11 is 0. The lowest BCUT2D eigenvalue weighted by Crippen LogP contribution is -2.11. The average molecular weight is 304 g/mol. The quantitative estimate of drug-likeness (QED) is 0.765. The summed E-state index contributed by atoms with van der Waals surface area (Å²) in [6, 6.07) is 11.7. The van der Waals surface area contributed by atoms with Crippen molar-refractivity contribution in [3.8, 4) is 11.5 Å². The van der Waals surface area contributed by atoms with Crippen molar-refractivity contribution in [1.29, 1.82) is 0 Å². The lowest BCUT2D eigenvalue weighted by molar-refractivity contribution is 0.0522. The van der Waals surface area contributed by atoms with Gasteiger partial charge in [-0.1, -0.05) is 18.2 Å². The van der Waals surface area contributed by atoms with Crippen LogP contribution < -0.4 is 9.47 Å². The molecule has 0 aliphatic carbocycles. The van der Waals surface area contributed by atoms with Crippen molar-refractivity contribution in [3.05, 3.63) is 59.4 Å². The number of benzene rings is 2. The lowest BCUT2D eigenvalue weighted by atomic mass is 10.1. The van der Waals surface area contributed by atoms with Gasteiger partial charge in [0.25, 0.3) is 0 Å². The van der Waals surface area contributed by atoms with Gasteiger partial charge in [-0.3, -0.25) is 0 Å². The van der Waals surface area contributed by atoms with Crippen LogP contribution in [0.4, 0.5) is 4.39 Å². The molecule has 0 aliphatic rings. The summed E-state index contributed by atoms with van der Waals surface area (Å²) < 4.78 is 29.3. The van der Waals surface area contributed by atoms with E-state index in [0.717, 1.165) is 6.07 Å². The van der Waals surface area contributed by atoms with Crippen LogP contribution >= 0.6 is 0 Å². The van der Waals surface area contributed by atoms with Gasteiger partial charge in [0.2, 0.25) is 0 Å². The first kappa shape index (κ1) is 15.8. The highest BCUT2D eigenvalue weighted by Gasteiger charge is 2.17. The summed E-state index contributed by atoms with van der Waals surface area (Å²) in [5, 5.41) is 0. The molecule has 0 saturated heterocycles. The number of carbonyl (C=O) groups is 1. The van der Waals surface area contributed by atoms with Crippen LogP contribution in [0, 0.1) is 5.82 Å². The van der Waals surface area contributed by atoms with E-state index in [4.69, 9.17) is 14.2 Å². The van der Waals surface area contributed by atoms with Crippen molar-refractivity contribution in [1.82, 2.24) is 0 Å². The Hall–Kier alpha value is -2.56. The van der Waals surface area contributed by atoms with E-state index < -0.39 is 11.8 Å². The Morgan fingerprint density at radius 1 is 1.18 bits per heavy atom. The first-order valence-electron chi connectivity index (χ1n) is 6.87. The number of hydrogen-bond donors (Lipinski definition) is 0. The zero-order valence-corrected chi connectivity index (χ0v) is 12.5. The minimum Gasteiger partial charge on any atom is -0.494 e. The normalized spacial score (nSPS) is 10.1. The van der Waals surface area contributed by atoms with Crippen LogP contribution in [0.1, 0.15) is 22.8 Å². The molecular formula is C17H17FO4. The maximum atomic E-state index is 13.8. The highest BCUT2D eigenvalue weighted by Crippen LogP contribution is 2.24. The van der Waals surface area contributed by atoms with Crippen LogP contribution in [0.3, 0.4) is 0 Å². The fourth-order valence-corrected chi connectivity index (χ4v) is 1.95. The van der Waals surface area contributed by atoms with E-state index in [1.165, 1.54) is 13.2 Å². The van der Waals surface area contributed by atoms with Crippen molar-refractivity contribution in [2.45, 2.75) is 13.5 Å². The number of para-hydroxylation sites is 1. The van der Waals surface area contributed by atoms with E-state index in [2.05, 4.69) is 0 Å². The minimum atomic E-state index is -0.617. The summed E-state index contributed by atoms with van der Waals surface area (Å²) in [4.78, 5) is 11.9. The van der Waals surface area contributed by atoms with Crippen LogP contribution in [-0.4, -0.2) is 19.7 Å². The van der Waals surface area contributed by atoms with Gasteiger partial charge in [0, 0.05) is 5.56 Å². The van der Waals surface area contributed by atoms with Crippen LogP contribution in [0.15, 0.2) is 42.5 Å². The molecule has 2 aromatic carbocycles. The van der Waals surface area contributed by atoms with E-state index in [0.29, 0.717) is 11.3 Å². The lowest BCUT2D eigenvalue weighted by Gasteiger charge is -2.13. The van der Waals surface area contributed by atoms with Crippen molar-refractivity contribution < 1.29 is 23.4 Å². The Balaban J connectivity index is 2.28. The number of rotatable bonds is 6. The fourth-order valence-electron chi connectivity index (χ4n) is 1.95. The Labute approximate surface area is 128 Å². The molecule has 2 rings (SSSR count). The van der Waals surface area contributed by atoms with Gasteiger partial charge < -0.3 is 14.2 Å². The number of carbonyl (C=O) groups excluding carboxylic acids is 1. The second kappa shape index (κ2) is 7.45. The SMILES string of the molecule is CCOC(=O)c1cc(F)c(OC)cc1COc1ccccc1. The van der Waals surface area contributed by atoms with Gasteiger partial charge >= 0.3 is 5.97 Å². The van der Waals surface area contributed by atoms with Crippen molar-refractivity contribution in [2.75, 3.05) is 13.7 Å². The van der Waals surface area contributed by atoms with Gasteiger partial charge in [-0.2, -0.15) is 0 Å². The first-order valence-corrected chi connectivity index (χ1v) is 6.87. The van der Waals surface area contributed by atoms with E-state index in [1.807, 2.05) is 18.2 Å². The molecule has 22 heavy (non-hydrogen) atoms. The zero-order chi connectivity index (χ0) is 15.9. The van der Waals surface area contributed by atoms with Crippen LogP contribution in [-0.2, 0) is 11.3 Å². The van der Waals surface area contributed by atoms with Crippen molar-refractivity contribution >= 4 is 5.97 Å². The van der Waals surface area contributed by atoms with Crippen molar-refractivity contribution in [2.24, 2.45) is 0 Å². The average Bonchev–Trinajstić information content (AvgIpc) is 2.54. The molecule has 4 nitrogen and oxygen atoms in total. The number of methoxy groups -OCH3 is 1. The Morgan fingerprint density at radius 3 is 2.55 bits per heavy atom. The third-order valence-electron chi connectivity index (χ3n) is 3.01. The van der Waals surface area contributed by atoms with Gasteiger partial charge in [0.1, 0.15) is 12.4 Å². The summed E-state index contributed by atoms with van der Waals surface area (Å²) in [5.74, 6) is -0.495. The molecule has 0 unspecified atom stereocenters. The minimum absolute atomic E-state index is 0.0553. The summed E-state index contributed by atoms with van der Waals surface area (Å²) in [6.07, 6.45) is 0. The molecule has 0 atom stereocenters. The van der Waals surface area contributed by atoms with Crippen LogP contribution in [0.5, 0.6) is 11.5 Å². The number of halogens is 1. The first-order chi connectivity index (χ1) is 10.7. The second-order valence-corrected chi connectivity index (χ2v) is 4.47. The van der Waals surface area contributed by atoms with E-state index >= 15 is 0 Å². The van der Waals surface area contributed by atoms with Gasteiger partial charge in [0.05, 0.1) is 19.3 Å². The molecule has 0 amide bonds. The molecule has 2 aromatic rings. The standard InChI is InChI=1S/C17H17FO4/c1-3-21-17(19)14-10-15(18)16(20-2)9-12(14)11-22-13-7-5-4-6-8-13/h4-10H,3,11H2,1-2H3. The maximum absolute atomic E-state index is 13.8. The molecule has 0 N–H and O–H groups in total. The van der Waals surface area contributed by atoms with E-state index in [9.17, 15) is 9.18 Å². The van der Waals surface area contributed by atoms with Crippen LogP contribution in [0.25, 0.3) is 0 Å². The molecule has 0 aliphatic heterocycles. The molecule has 0 bridgehead atoms. The second-order valence-electron chi connectivity index (χ2n) is 4.47. The van der Waals surface area contributed by atoms with E-state index in [1.54, 1.807) is 19.1 Å². The monoisotopic (exact) mass is 304 g/mol. The smallest absolute Gasteiger partial charge is 0.338 e. The largest absolute Gasteiger partial charge is 0.494 e. The van der Waals surface area contributed by atoms with Gasteiger partial charge in [0.15, 0.2) is 11.6 Å². The highest BCUT2D eigenvalue weighted by atomic mass is 19.1. The molecule has 5 heteroatoms. The summed E-state index contributed by atoms with van der Waals surface area (Å²) in [5.41, 5.74) is 0.636. The van der Waals surface area contributed by atoms with E-state index in [-0.39, 0.29) is 24.5 Å². The maximum Gasteiger partial charge on any atom is 0.338 e.